The molecule has 3 aromatic carbocycles. The number of amides is 1. The van der Waals surface area contributed by atoms with Crippen LogP contribution in [-0.4, -0.2) is 49.7 Å². The Morgan fingerprint density at radius 2 is 1.70 bits per heavy atom. The van der Waals surface area contributed by atoms with Gasteiger partial charge in [0.2, 0.25) is 0 Å². The van der Waals surface area contributed by atoms with E-state index in [2.05, 4.69) is 0 Å². The van der Waals surface area contributed by atoms with Gasteiger partial charge in [0.15, 0.2) is 9.84 Å². The molecular formula is C27H26ClNO7S. The van der Waals surface area contributed by atoms with Gasteiger partial charge in [-0.2, -0.15) is 0 Å². The van der Waals surface area contributed by atoms with E-state index in [-0.39, 0.29) is 17.1 Å². The summed E-state index contributed by atoms with van der Waals surface area (Å²) in [5, 5.41) is 10.3. The molecule has 8 nitrogen and oxygen atoms in total. The van der Waals surface area contributed by atoms with E-state index in [4.69, 9.17) is 21.1 Å². The van der Waals surface area contributed by atoms with Crippen molar-refractivity contribution in [3.8, 4) is 11.5 Å². The van der Waals surface area contributed by atoms with Crippen molar-refractivity contribution < 1.29 is 32.6 Å². The molecule has 4 rings (SSSR count). The van der Waals surface area contributed by atoms with Crippen molar-refractivity contribution in [2.75, 3.05) is 13.4 Å². The molecule has 37 heavy (non-hydrogen) atoms. The number of benzene rings is 3. The molecule has 194 valence electrons. The zero-order valence-electron chi connectivity index (χ0n) is 20.3. The van der Waals surface area contributed by atoms with Crippen LogP contribution in [0.15, 0.2) is 71.6 Å². The summed E-state index contributed by atoms with van der Waals surface area (Å²) in [4.78, 5) is 27.3. The average Bonchev–Trinajstić information content (AvgIpc) is 3.32. The quantitative estimate of drug-likeness (QED) is 0.436. The van der Waals surface area contributed by atoms with Crippen LogP contribution in [0, 0.1) is 0 Å². The summed E-state index contributed by atoms with van der Waals surface area (Å²) in [5.74, 6) is -0.847. The minimum absolute atomic E-state index is 0.120. The van der Waals surface area contributed by atoms with Crippen LogP contribution in [0.5, 0.6) is 11.5 Å². The fourth-order valence-electron chi connectivity index (χ4n) is 4.43. The summed E-state index contributed by atoms with van der Waals surface area (Å²) >= 11 is 6.40. The fraction of sp³-hybridized carbons (Fsp3) is 0.259. The van der Waals surface area contributed by atoms with Gasteiger partial charge in [0, 0.05) is 22.9 Å². The second-order valence-electron chi connectivity index (χ2n) is 8.78. The normalized spacial score (nSPS) is 17.4. The molecule has 0 saturated carbocycles. The number of nitrogens with zero attached hydrogens (tertiary/aromatic N) is 1. The van der Waals surface area contributed by atoms with Gasteiger partial charge in [-0.1, -0.05) is 41.9 Å². The Balaban J connectivity index is 1.62. The third-order valence-corrected chi connectivity index (χ3v) is 7.76. The van der Waals surface area contributed by atoms with E-state index in [0.29, 0.717) is 34.9 Å². The molecule has 0 spiro atoms. The third kappa shape index (κ3) is 5.89. The molecule has 0 bridgehead atoms. The lowest BCUT2D eigenvalue weighted by Crippen LogP contribution is -2.41. The lowest BCUT2D eigenvalue weighted by atomic mass is 10.0. The first-order valence-corrected chi connectivity index (χ1v) is 13.8. The van der Waals surface area contributed by atoms with Crippen molar-refractivity contribution in [2.24, 2.45) is 0 Å². The summed E-state index contributed by atoms with van der Waals surface area (Å²) in [7, 11) is -1.85. The summed E-state index contributed by atoms with van der Waals surface area (Å²) in [6, 6.07) is 16.6. The van der Waals surface area contributed by atoms with Gasteiger partial charge in [-0.15, -0.1) is 0 Å². The van der Waals surface area contributed by atoms with Crippen LogP contribution in [0.2, 0.25) is 5.02 Å². The van der Waals surface area contributed by atoms with Gasteiger partial charge < -0.3 is 19.5 Å². The highest BCUT2D eigenvalue weighted by molar-refractivity contribution is 7.90. The Bertz CT molecular complexity index is 1420. The zero-order chi connectivity index (χ0) is 26.7. The number of hydrogen-bond acceptors (Lipinski definition) is 6. The van der Waals surface area contributed by atoms with Crippen LogP contribution in [0.1, 0.15) is 40.4 Å². The maximum absolute atomic E-state index is 13.7. The lowest BCUT2D eigenvalue weighted by Gasteiger charge is -2.29. The summed E-state index contributed by atoms with van der Waals surface area (Å²) in [5.41, 5.74) is 1.64. The first kappa shape index (κ1) is 26.5. The van der Waals surface area contributed by atoms with E-state index in [9.17, 15) is 23.1 Å². The average molecular weight is 544 g/mol. The Labute approximate surface area is 220 Å². The van der Waals surface area contributed by atoms with Crippen LogP contribution < -0.4 is 9.47 Å². The fourth-order valence-corrected chi connectivity index (χ4v) is 5.32. The molecule has 1 aliphatic rings. The molecule has 3 aromatic rings. The van der Waals surface area contributed by atoms with Crippen LogP contribution in [0.25, 0.3) is 0 Å². The molecule has 1 aliphatic heterocycles. The Kier molecular flexibility index (Phi) is 7.75. The van der Waals surface area contributed by atoms with E-state index < -0.39 is 33.8 Å². The maximum atomic E-state index is 13.7. The van der Waals surface area contributed by atoms with E-state index in [0.717, 1.165) is 11.8 Å². The van der Waals surface area contributed by atoms with Crippen LogP contribution in [0.3, 0.4) is 0 Å². The first-order chi connectivity index (χ1) is 17.6. The van der Waals surface area contributed by atoms with Crippen LogP contribution in [-0.2, 0) is 21.2 Å². The SMILES string of the molecule is COc1cc(OCc2ccc(S(C)(=O)=O)cc2)cc(C(=O)N2[C@@H](c3ccccc3Cl)CC[C@H]2C(=O)O)c1. The Hall–Kier alpha value is -3.56. The first-order valence-electron chi connectivity index (χ1n) is 11.5. The number of rotatable bonds is 8. The van der Waals surface area contributed by atoms with Crippen molar-refractivity contribution >= 4 is 33.3 Å². The van der Waals surface area contributed by atoms with Crippen LogP contribution >= 0.6 is 11.6 Å². The summed E-state index contributed by atoms with van der Waals surface area (Å²) in [6.45, 7) is 0.120. The van der Waals surface area contributed by atoms with Crippen molar-refractivity contribution in [1.82, 2.24) is 4.90 Å². The topological polar surface area (TPSA) is 110 Å². The number of carboxylic acids is 1. The van der Waals surface area contributed by atoms with E-state index in [1.54, 1.807) is 42.5 Å². The number of aliphatic carboxylic acids is 1. The molecule has 1 saturated heterocycles. The molecule has 1 heterocycles. The molecule has 1 N–H and O–H groups in total. The van der Waals surface area contributed by atoms with E-state index in [1.165, 1.54) is 36.3 Å². The van der Waals surface area contributed by atoms with Crippen LogP contribution in [0.4, 0.5) is 0 Å². The van der Waals surface area contributed by atoms with Gasteiger partial charge in [-0.05, 0) is 54.3 Å². The molecule has 10 heteroatoms. The third-order valence-electron chi connectivity index (χ3n) is 6.29. The number of likely N-dealkylation sites (tertiary alicyclic amines) is 1. The van der Waals surface area contributed by atoms with Crippen molar-refractivity contribution in [2.45, 2.75) is 36.4 Å². The van der Waals surface area contributed by atoms with Gasteiger partial charge in [-0.25, -0.2) is 13.2 Å². The number of sulfone groups is 1. The number of carbonyl (C=O) groups excluding carboxylic acids is 1. The van der Waals surface area contributed by atoms with Gasteiger partial charge in [0.25, 0.3) is 5.91 Å². The highest BCUT2D eigenvalue weighted by atomic mass is 35.5. The Morgan fingerprint density at radius 3 is 2.32 bits per heavy atom. The molecule has 0 aliphatic carbocycles. The number of ether oxygens (including phenoxy) is 2. The number of carbonyl (C=O) groups is 2. The highest BCUT2D eigenvalue weighted by Crippen LogP contribution is 2.40. The second-order valence-corrected chi connectivity index (χ2v) is 11.2. The minimum atomic E-state index is -3.31. The minimum Gasteiger partial charge on any atom is -0.497 e. The van der Waals surface area contributed by atoms with Crippen molar-refractivity contribution in [3.63, 3.8) is 0 Å². The van der Waals surface area contributed by atoms with E-state index in [1.807, 2.05) is 0 Å². The molecule has 0 radical (unpaired) electrons. The smallest absolute Gasteiger partial charge is 0.326 e. The zero-order valence-corrected chi connectivity index (χ0v) is 21.8. The molecule has 1 fully saturated rings. The van der Waals surface area contributed by atoms with E-state index >= 15 is 0 Å². The summed E-state index contributed by atoms with van der Waals surface area (Å²) in [6.07, 6.45) is 1.90. The molecule has 2 atom stereocenters. The highest BCUT2D eigenvalue weighted by Gasteiger charge is 2.42. The number of halogens is 1. The number of carboxylic acid groups (broad SMARTS) is 1. The molecule has 0 unspecified atom stereocenters. The van der Waals surface area contributed by atoms with Gasteiger partial charge in [-0.3, -0.25) is 4.79 Å². The molecule has 1 amide bonds. The largest absolute Gasteiger partial charge is 0.497 e. The standard InChI is InChI=1S/C27H26ClNO7S/c1-35-19-13-18(14-20(15-19)36-16-17-7-9-21(10-8-17)37(2,33)34)26(30)29-24(11-12-25(29)27(31)32)22-5-3-4-6-23(22)28/h3-10,13-15,24-25H,11-12,16H2,1-2H3,(H,31,32)/t24-,25+/m1/s1. The molecule has 0 aromatic heterocycles. The lowest BCUT2D eigenvalue weighted by molar-refractivity contribution is -0.141. The van der Waals surface area contributed by atoms with Gasteiger partial charge in [0.1, 0.15) is 24.1 Å². The number of hydrogen-bond donors (Lipinski definition) is 1. The second kappa shape index (κ2) is 10.8. The maximum Gasteiger partial charge on any atom is 0.326 e. The predicted molar refractivity (Wildman–Crippen MR) is 138 cm³/mol. The van der Waals surface area contributed by atoms with Crippen molar-refractivity contribution in [1.29, 1.82) is 0 Å². The van der Waals surface area contributed by atoms with Crippen molar-refractivity contribution in [3.05, 3.63) is 88.4 Å². The number of methoxy groups -OCH3 is 1. The summed E-state index contributed by atoms with van der Waals surface area (Å²) < 4.78 is 34.6. The Morgan fingerprint density at radius 1 is 1.03 bits per heavy atom. The van der Waals surface area contributed by atoms with Gasteiger partial charge >= 0.3 is 5.97 Å². The monoisotopic (exact) mass is 543 g/mol. The van der Waals surface area contributed by atoms with Gasteiger partial charge in [0.05, 0.1) is 18.0 Å². The predicted octanol–water partition coefficient (Wildman–Crippen LogP) is 4.76. The molecular weight excluding hydrogens is 518 g/mol.